The van der Waals surface area contributed by atoms with Crippen molar-refractivity contribution in [3.05, 3.63) is 0 Å². The lowest BCUT2D eigenvalue weighted by molar-refractivity contribution is 0.322. The molecule has 0 spiro atoms. The van der Waals surface area contributed by atoms with E-state index in [-0.39, 0.29) is 6.29 Å². The molecular weight excluding hydrogens is 135 g/mol. The SMILES string of the molecule is NCP(O)(=S)ON. The summed E-state index contributed by atoms with van der Waals surface area (Å²) in [4.78, 5) is 8.59. The monoisotopic (exact) mass is 142 g/mol. The average molecular weight is 142 g/mol. The molecule has 0 rings (SSSR count). The molecule has 0 saturated carbocycles. The second-order valence-corrected chi connectivity index (χ2v) is 4.49. The van der Waals surface area contributed by atoms with E-state index in [0.29, 0.717) is 0 Å². The molecule has 0 aliphatic rings. The van der Waals surface area contributed by atoms with Crippen molar-refractivity contribution in [3.63, 3.8) is 0 Å². The first-order valence-electron chi connectivity index (χ1n) is 1.53. The van der Waals surface area contributed by atoms with Crippen LogP contribution in [0.5, 0.6) is 0 Å². The molecule has 0 saturated heterocycles. The molecule has 0 heterocycles. The summed E-state index contributed by atoms with van der Waals surface area (Å²) in [5.74, 6) is 4.53. The predicted octanol–water partition coefficient (Wildman–Crippen LogP) is -0.905. The third kappa shape index (κ3) is 3.11. The van der Waals surface area contributed by atoms with E-state index >= 15 is 0 Å². The lowest BCUT2D eigenvalue weighted by atomic mass is 11.6. The van der Waals surface area contributed by atoms with Crippen LogP contribution >= 0.6 is 6.49 Å². The maximum atomic E-state index is 8.59. The molecule has 0 fully saturated rings. The molecule has 1 atom stereocenters. The van der Waals surface area contributed by atoms with Crippen molar-refractivity contribution in [2.75, 3.05) is 6.29 Å². The Morgan fingerprint density at radius 2 is 2.29 bits per heavy atom. The Hall–Kier alpha value is 0.490. The van der Waals surface area contributed by atoms with Crippen LogP contribution in [0.2, 0.25) is 0 Å². The van der Waals surface area contributed by atoms with Crippen molar-refractivity contribution in [1.82, 2.24) is 0 Å². The zero-order valence-corrected chi connectivity index (χ0v) is 5.28. The van der Waals surface area contributed by atoms with Crippen LogP contribution in [0.3, 0.4) is 0 Å². The highest BCUT2D eigenvalue weighted by Gasteiger charge is 2.06. The van der Waals surface area contributed by atoms with Gasteiger partial charge in [0.05, 0.1) is 6.29 Å². The summed E-state index contributed by atoms with van der Waals surface area (Å²) < 4.78 is 3.94. The van der Waals surface area contributed by atoms with Gasteiger partial charge in [0.25, 0.3) is 0 Å². The quantitative estimate of drug-likeness (QED) is 0.343. The minimum Gasteiger partial charge on any atom is -0.343 e. The van der Waals surface area contributed by atoms with Gasteiger partial charge in [0.15, 0.2) is 0 Å². The van der Waals surface area contributed by atoms with E-state index in [9.17, 15) is 0 Å². The van der Waals surface area contributed by atoms with Gasteiger partial charge in [0.2, 0.25) is 6.49 Å². The van der Waals surface area contributed by atoms with Gasteiger partial charge in [-0.05, 0) is 11.8 Å². The summed E-state index contributed by atoms with van der Waals surface area (Å²) in [6, 6.07) is 0. The molecular formula is CH7N2O2PS. The van der Waals surface area contributed by atoms with Gasteiger partial charge in [0, 0.05) is 0 Å². The van der Waals surface area contributed by atoms with Crippen LogP contribution in [-0.4, -0.2) is 11.2 Å². The van der Waals surface area contributed by atoms with Gasteiger partial charge in [0.1, 0.15) is 0 Å². The van der Waals surface area contributed by atoms with Crippen molar-refractivity contribution < 1.29 is 9.52 Å². The molecule has 0 aromatic rings. The summed E-state index contributed by atoms with van der Waals surface area (Å²) in [5, 5.41) is 0. The van der Waals surface area contributed by atoms with Gasteiger partial charge in [-0.1, -0.05) is 0 Å². The van der Waals surface area contributed by atoms with E-state index in [1.165, 1.54) is 0 Å². The lowest BCUT2D eigenvalue weighted by Crippen LogP contribution is -2.05. The minimum absolute atomic E-state index is 0.0706. The third-order valence-corrected chi connectivity index (χ3v) is 1.89. The second kappa shape index (κ2) is 2.71. The van der Waals surface area contributed by atoms with Crippen molar-refractivity contribution in [2.45, 2.75) is 0 Å². The molecule has 0 bridgehead atoms. The van der Waals surface area contributed by atoms with Crippen LogP contribution in [0.4, 0.5) is 0 Å². The molecule has 6 heteroatoms. The fraction of sp³-hybridized carbons (Fsp3) is 1.00. The van der Waals surface area contributed by atoms with Gasteiger partial charge >= 0.3 is 0 Å². The highest BCUT2D eigenvalue weighted by Crippen LogP contribution is 2.36. The number of nitrogens with two attached hydrogens (primary N) is 2. The fourth-order valence-corrected chi connectivity index (χ4v) is 0.129. The van der Waals surface area contributed by atoms with Crippen LogP contribution in [0, 0.1) is 0 Å². The van der Waals surface area contributed by atoms with Gasteiger partial charge < -0.3 is 10.6 Å². The standard InChI is InChI=1S/CH7N2O2PS/c2-1-6(4,7)5-3/h1-3H2,(H,4,7). The number of hydrogen-bond donors (Lipinski definition) is 3. The van der Waals surface area contributed by atoms with Gasteiger partial charge in [-0.2, -0.15) is 0 Å². The first-order valence-corrected chi connectivity index (χ1v) is 4.38. The Morgan fingerprint density at radius 3 is 2.29 bits per heavy atom. The highest BCUT2D eigenvalue weighted by molar-refractivity contribution is 8.09. The Kier molecular flexibility index (Phi) is 2.90. The van der Waals surface area contributed by atoms with Crippen molar-refractivity contribution in [3.8, 4) is 0 Å². The zero-order chi connectivity index (χ0) is 5.91. The van der Waals surface area contributed by atoms with Crippen LogP contribution in [0.15, 0.2) is 0 Å². The maximum absolute atomic E-state index is 8.59. The van der Waals surface area contributed by atoms with Gasteiger partial charge in [-0.3, -0.25) is 0 Å². The largest absolute Gasteiger partial charge is 0.343 e. The molecule has 5 N–H and O–H groups in total. The number of hydrogen-bond acceptors (Lipinski definition) is 4. The van der Waals surface area contributed by atoms with E-state index in [1.807, 2.05) is 0 Å². The summed E-state index contributed by atoms with van der Waals surface area (Å²) in [7, 11) is 0. The summed E-state index contributed by atoms with van der Waals surface area (Å²) in [6.45, 7) is -2.77. The van der Waals surface area contributed by atoms with Crippen LogP contribution in [-0.2, 0) is 16.4 Å². The predicted molar refractivity (Wildman–Crippen MR) is 30.8 cm³/mol. The third-order valence-electron chi connectivity index (χ3n) is 0.395. The van der Waals surface area contributed by atoms with Gasteiger partial charge in [-0.15, -0.1) is 0 Å². The van der Waals surface area contributed by atoms with E-state index in [2.05, 4.69) is 22.3 Å². The van der Waals surface area contributed by atoms with Crippen molar-refractivity contribution in [1.29, 1.82) is 0 Å². The van der Waals surface area contributed by atoms with Crippen molar-refractivity contribution in [2.24, 2.45) is 11.6 Å². The first-order chi connectivity index (χ1) is 3.12. The molecule has 0 radical (unpaired) electrons. The van der Waals surface area contributed by atoms with E-state index < -0.39 is 6.49 Å². The molecule has 0 amide bonds. The summed E-state index contributed by atoms with van der Waals surface area (Å²) >= 11 is 4.34. The maximum Gasteiger partial charge on any atom is 0.217 e. The van der Waals surface area contributed by atoms with E-state index in [1.54, 1.807) is 0 Å². The Bertz CT molecular complexity index is 87.7. The summed E-state index contributed by atoms with van der Waals surface area (Å²) in [5.41, 5.74) is 4.91. The zero-order valence-electron chi connectivity index (χ0n) is 3.57. The van der Waals surface area contributed by atoms with Crippen LogP contribution in [0.1, 0.15) is 0 Å². The number of rotatable bonds is 2. The molecule has 0 aliphatic heterocycles. The molecule has 1 unspecified atom stereocenters. The van der Waals surface area contributed by atoms with Crippen LogP contribution < -0.4 is 11.6 Å². The Morgan fingerprint density at radius 1 is 1.86 bits per heavy atom. The van der Waals surface area contributed by atoms with E-state index in [0.717, 1.165) is 0 Å². The van der Waals surface area contributed by atoms with E-state index in [4.69, 9.17) is 10.6 Å². The molecule has 44 valence electrons. The molecule has 7 heavy (non-hydrogen) atoms. The topological polar surface area (TPSA) is 81.5 Å². The smallest absolute Gasteiger partial charge is 0.217 e. The Labute approximate surface area is 46.6 Å². The van der Waals surface area contributed by atoms with Crippen LogP contribution in [0.25, 0.3) is 0 Å². The minimum atomic E-state index is -2.77. The molecule has 0 aromatic heterocycles. The molecule has 4 nitrogen and oxygen atoms in total. The first kappa shape index (κ1) is 7.49. The average Bonchev–Trinajstić information content (AvgIpc) is 1.68. The second-order valence-electron chi connectivity index (χ2n) is 0.925. The molecule has 0 aliphatic carbocycles. The normalized spacial score (nSPS) is 18.7. The van der Waals surface area contributed by atoms with Crippen molar-refractivity contribution >= 4 is 18.3 Å². The lowest BCUT2D eigenvalue weighted by Gasteiger charge is -2.05. The Balaban J connectivity index is 3.61. The fourth-order valence-electron chi connectivity index (χ4n) is 0.0430. The van der Waals surface area contributed by atoms with Gasteiger partial charge in [-0.25, -0.2) is 10.5 Å². The molecule has 0 aromatic carbocycles. The summed E-state index contributed by atoms with van der Waals surface area (Å²) in [6.07, 6.45) is -0.0706. The highest BCUT2D eigenvalue weighted by atomic mass is 32.5.